The van der Waals surface area contributed by atoms with E-state index in [1.165, 1.54) is 17.0 Å². The summed E-state index contributed by atoms with van der Waals surface area (Å²) in [5, 5.41) is 0. The first-order valence-corrected chi connectivity index (χ1v) is 12.5. The first kappa shape index (κ1) is 23.1. The Balaban J connectivity index is 1.56. The second-order valence-corrected chi connectivity index (χ2v) is 9.60. The Morgan fingerprint density at radius 1 is 0.970 bits per heavy atom. The fourth-order valence-corrected chi connectivity index (χ4v) is 5.09. The van der Waals surface area contributed by atoms with Crippen molar-refractivity contribution >= 4 is 29.2 Å². The molecule has 1 heterocycles. The van der Waals surface area contributed by atoms with Gasteiger partial charge >= 0.3 is 6.09 Å². The summed E-state index contributed by atoms with van der Waals surface area (Å²) in [7, 11) is 1.73. The highest BCUT2D eigenvalue weighted by Crippen LogP contribution is 2.40. The van der Waals surface area contributed by atoms with Crippen molar-refractivity contribution in [2.75, 3.05) is 13.3 Å². The summed E-state index contributed by atoms with van der Waals surface area (Å²) in [6.07, 6.45) is 1.68. The van der Waals surface area contributed by atoms with Gasteiger partial charge in [0, 0.05) is 27.3 Å². The molecule has 0 N–H and O–H groups in total. The quantitative estimate of drug-likeness (QED) is 0.255. The van der Waals surface area contributed by atoms with Gasteiger partial charge in [-0.15, -0.1) is 23.1 Å². The van der Waals surface area contributed by atoms with Crippen LogP contribution in [-0.2, 0) is 17.9 Å². The molecule has 0 aliphatic carbocycles. The van der Waals surface area contributed by atoms with Crippen LogP contribution in [0.3, 0.4) is 0 Å². The first-order valence-electron chi connectivity index (χ1n) is 10.5. The predicted octanol–water partition coefficient (Wildman–Crippen LogP) is 7.71. The molecule has 4 rings (SSSR count). The third-order valence-electron chi connectivity index (χ3n) is 5.20. The number of benzene rings is 3. The number of nitrogens with zero attached hydrogens (tertiary/aromatic N) is 1. The van der Waals surface area contributed by atoms with Crippen molar-refractivity contribution in [3.63, 3.8) is 0 Å². The fraction of sp³-hybridized carbons (Fsp3) is 0.148. The van der Waals surface area contributed by atoms with E-state index in [4.69, 9.17) is 4.74 Å². The number of hydrogen-bond donors (Lipinski definition) is 0. The molecule has 33 heavy (non-hydrogen) atoms. The average Bonchev–Trinajstić information content (AvgIpc) is 3.27. The molecule has 3 aromatic carbocycles. The van der Waals surface area contributed by atoms with Gasteiger partial charge in [-0.25, -0.2) is 9.18 Å². The Morgan fingerprint density at radius 2 is 1.64 bits per heavy atom. The zero-order valence-corrected chi connectivity index (χ0v) is 20.1. The highest BCUT2D eigenvalue weighted by atomic mass is 32.2. The number of thioether (sulfide) groups is 1. The molecule has 0 aliphatic rings. The number of thiophene rings is 1. The largest absolute Gasteiger partial charge is 0.445 e. The van der Waals surface area contributed by atoms with Crippen molar-refractivity contribution < 1.29 is 13.9 Å². The van der Waals surface area contributed by atoms with E-state index in [0.29, 0.717) is 6.54 Å². The van der Waals surface area contributed by atoms with Crippen LogP contribution in [0.25, 0.3) is 21.6 Å². The van der Waals surface area contributed by atoms with Crippen molar-refractivity contribution in [3.05, 3.63) is 101 Å². The molecule has 4 aromatic rings. The lowest BCUT2D eigenvalue weighted by Gasteiger charge is -2.16. The topological polar surface area (TPSA) is 29.5 Å². The van der Waals surface area contributed by atoms with E-state index in [0.717, 1.165) is 32.0 Å². The van der Waals surface area contributed by atoms with Crippen LogP contribution in [0.4, 0.5) is 9.18 Å². The second-order valence-electron chi connectivity index (χ2n) is 7.59. The maximum Gasteiger partial charge on any atom is 0.410 e. The third-order valence-corrected chi connectivity index (χ3v) is 7.11. The van der Waals surface area contributed by atoms with Crippen LogP contribution < -0.4 is 0 Å². The Bertz CT molecular complexity index is 1210. The minimum atomic E-state index is -0.374. The Hall–Kier alpha value is -3.09. The van der Waals surface area contributed by atoms with Gasteiger partial charge in [0.15, 0.2) is 0 Å². The molecule has 0 aliphatic heterocycles. The summed E-state index contributed by atoms with van der Waals surface area (Å²) in [5.41, 5.74) is 4.06. The molecule has 0 radical (unpaired) electrons. The van der Waals surface area contributed by atoms with Gasteiger partial charge in [0.25, 0.3) is 0 Å². The van der Waals surface area contributed by atoms with Gasteiger partial charge in [0.2, 0.25) is 0 Å². The van der Waals surface area contributed by atoms with Crippen LogP contribution in [-0.4, -0.2) is 24.3 Å². The SMILES string of the molecule is CSc1ccc(-c2cc(CN(C)C(=O)OCc3ccccc3)sc2-c2ccc(F)cc2)cc1. The molecule has 0 bridgehead atoms. The number of ether oxygens (including phenoxy) is 1. The molecule has 1 aromatic heterocycles. The monoisotopic (exact) mass is 477 g/mol. The lowest BCUT2D eigenvalue weighted by Crippen LogP contribution is -2.26. The van der Waals surface area contributed by atoms with Gasteiger partial charge in [0.1, 0.15) is 12.4 Å². The number of hydrogen-bond acceptors (Lipinski definition) is 4. The number of amides is 1. The van der Waals surface area contributed by atoms with E-state index in [-0.39, 0.29) is 18.5 Å². The summed E-state index contributed by atoms with van der Waals surface area (Å²) in [5.74, 6) is -0.262. The Kier molecular flexibility index (Phi) is 7.47. The van der Waals surface area contributed by atoms with E-state index >= 15 is 0 Å². The van der Waals surface area contributed by atoms with Crippen molar-refractivity contribution in [3.8, 4) is 21.6 Å². The van der Waals surface area contributed by atoms with Gasteiger partial charge < -0.3 is 9.64 Å². The average molecular weight is 478 g/mol. The highest BCUT2D eigenvalue weighted by Gasteiger charge is 2.17. The van der Waals surface area contributed by atoms with E-state index in [1.807, 2.05) is 36.6 Å². The van der Waals surface area contributed by atoms with Crippen LogP contribution in [0.5, 0.6) is 0 Å². The summed E-state index contributed by atoms with van der Waals surface area (Å²) in [6.45, 7) is 0.664. The summed E-state index contributed by atoms with van der Waals surface area (Å²) in [6, 6.07) is 26.7. The molecule has 0 spiro atoms. The van der Waals surface area contributed by atoms with Crippen LogP contribution in [0.2, 0.25) is 0 Å². The van der Waals surface area contributed by atoms with E-state index < -0.39 is 0 Å². The number of halogens is 1. The summed E-state index contributed by atoms with van der Waals surface area (Å²) in [4.78, 5) is 17.4. The molecule has 0 saturated carbocycles. The molecular formula is C27H24FNO2S2. The third kappa shape index (κ3) is 5.83. The number of carbonyl (C=O) groups is 1. The van der Waals surface area contributed by atoms with Crippen LogP contribution in [0, 0.1) is 5.82 Å². The van der Waals surface area contributed by atoms with Crippen molar-refractivity contribution in [1.29, 1.82) is 0 Å². The predicted molar refractivity (Wildman–Crippen MR) is 135 cm³/mol. The first-order chi connectivity index (χ1) is 16.0. The maximum absolute atomic E-state index is 13.5. The lowest BCUT2D eigenvalue weighted by molar-refractivity contribution is 0.103. The van der Waals surface area contributed by atoms with Crippen LogP contribution in [0.15, 0.2) is 89.8 Å². The summed E-state index contributed by atoms with van der Waals surface area (Å²) >= 11 is 3.30. The molecule has 0 unspecified atom stereocenters. The van der Waals surface area contributed by atoms with Gasteiger partial charge in [-0.1, -0.05) is 54.6 Å². The second kappa shape index (κ2) is 10.7. The van der Waals surface area contributed by atoms with Gasteiger partial charge in [-0.2, -0.15) is 0 Å². The zero-order chi connectivity index (χ0) is 23.2. The van der Waals surface area contributed by atoms with E-state index in [9.17, 15) is 9.18 Å². The summed E-state index contributed by atoms with van der Waals surface area (Å²) < 4.78 is 19.0. The molecule has 6 heteroatoms. The number of carbonyl (C=O) groups excluding carboxylic acids is 1. The molecule has 1 amide bonds. The fourth-order valence-electron chi connectivity index (χ4n) is 3.45. The minimum Gasteiger partial charge on any atom is -0.445 e. The van der Waals surface area contributed by atoms with E-state index in [2.05, 4.69) is 30.3 Å². The minimum absolute atomic E-state index is 0.238. The Morgan fingerprint density at radius 3 is 2.30 bits per heavy atom. The van der Waals surface area contributed by atoms with Crippen molar-refractivity contribution in [1.82, 2.24) is 4.90 Å². The Labute approximate surface area is 201 Å². The van der Waals surface area contributed by atoms with Gasteiger partial charge in [0.05, 0.1) is 6.54 Å². The van der Waals surface area contributed by atoms with E-state index in [1.54, 1.807) is 47.2 Å². The molecule has 0 atom stereocenters. The van der Waals surface area contributed by atoms with Gasteiger partial charge in [-0.05, 0) is 53.3 Å². The number of rotatable bonds is 7. The molecule has 0 saturated heterocycles. The van der Waals surface area contributed by atoms with Crippen molar-refractivity contribution in [2.24, 2.45) is 0 Å². The normalized spacial score (nSPS) is 10.8. The maximum atomic E-state index is 13.5. The molecule has 168 valence electrons. The molecular weight excluding hydrogens is 453 g/mol. The molecule has 3 nitrogen and oxygen atoms in total. The zero-order valence-electron chi connectivity index (χ0n) is 18.5. The van der Waals surface area contributed by atoms with Crippen molar-refractivity contribution in [2.45, 2.75) is 18.0 Å². The van der Waals surface area contributed by atoms with Crippen LogP contribution in [0.1, 0.15) is 10.4 Å². The van der Waals surface area contributed by atoms with Gasteiger partial charge in [-0.3, -0.25) is 0 Å². The molecule has 0 fully saturated rings. The standard InChI is InChI=1S/C27H24FNO2S2/c1-29(27(30)31-18-19-6-4-3-5-7-19)17-24-16-25(20-10-14-23(32-2)15-11-20)26(33-24)21-8-12-22(28)13-9-21/h3-16H,17-18H2,1-2H3. The highest BCUT2D eigenvalue weighted by molar-refractivity contribution is 7.98. The van der Waals surface area contributed by atoms with Crippen LogP contribution >= 0.6 is 23.1 Å². The lowest BCUT2D eigenvalue weighted by atomic mass is 10.0. The smallest absolute Gasteiger partial charge is 0.410 e.